The van der Waals surface area contributed by atoms with Crippen molar-refractivity contribution < 1.29 is 0 Å². The summed E-state index contributed by atoms with van der Waals surface area (Å²) in [5.74, 6) is 0.660. The molecule has 0 bridgehead atoms. The van der Waals surface area contributed by atoms with Crippen LogP contribution in [0.4, 0.5) is 0 Å². The molecular weight excluding hydrogens is 180 g/mol. The van der Waals surface area contributed by atoms with Crippen LogP contribution in [0, 0.1) is 16.7 Å². The Morgan fingerprint density at radius 2 is 1.47 bits per heavy atom. The Balaban J connectivity index is 4.01. The summed E-state index contributed by atoms with van der Waals surface area (Å²) in [5, 5.41) is 0. The minimum Gasteiger partial charge on any atom is -0.0996 e. The van der Waals surface area contributed by atoms with E-state index in [4.69, 9.17) is 0 Å². The SMILES string of the molecule is C=C(CCC(C)(C)C)C(C)CC(C)(C)C. The smallest absolute Gasteiger partial charge is 0.0229 e. The lowest BCUT2D eigenvalue weighted by molar-refractivity contribution is 0.316. The van der Waals surface area contributed by atoms with Crippen LogP contribution in [0.5, 0.6) is 0 Å². The van der Waals surface area contributed by atoms with Gasteiger partial charge in [0.15, 0.2) is 0 Å². The zero-order valence-corrected chi connectivity index (χ0v) is 11.9. The molecular formula is C15H30. The quantitative estimate of drug-likeness (QED) is 0.542. The van der Waals surface area contributed by atoms with E-state index in [1.165, 1.54) is 24.8 Å². The van der Waals surface area contributed by atoms with Gasteiger partial charge in [-0.3, -0.25) is 0 Å². The molecule has 0 aliphatic rings. The summed E-state index contributed by atoms with van der Waals surface area (Å²) in [6.45, 7) is 20.4. The maximum absolute atomic E-state index is 4.24. The van der Waals surface area contributed by atoms with E-state index in [0.29, 0.717) is 16.7 Å². The molecule has 0 rings (SSSR count). The fraction of sp³-hybridized carbons (Fsp3) is 0.867. The van der Waals surface area contributed by atoms with Crippen LogP contribution in [0.1, 0.15) is 67.7 Å². The van der Waals surface area contributed by atoms with Gasteiger partial charge in [-0.25, -0.2) is 0 Å². The summed E-state index contributed by atoms with van der Waals surface area (Å²) in [6, 6.07) is 0. The Bertz CT molecular complexity index is 197. The number of allylic oxidation sites excluding steroid dienone is 1. The summed E-state index contributed by atoms with van der Waals surface area (Å²) in [6.07, 6.45) is 3.68. The molecule has 0 nitrogen and oxygen atoms in total. The van der Waals surface area contributed by atoms with E-state index in [0.717, 1.165) is 0 Å². The normalized spacial score (nSPS) is 15.1. The number of hydrogen-bond acceptors (Lipinski definition) is 0. The van der Waals surface area contributed by atoms with Crippen LogP contribution < -0.4 is 0 Å². The lowest BCUT2D eigenvalue weighted by atomic mass is 9.79. The first-order valence-corrected chi connectivity index (χ1v) is 6.19. The van der Waals surface area contributed by atoms with E-state index in [9.17, 15) is 0 Å². The number of rotatable bonds is 4. The predicted molar refractivity (Wildman–Crippen MR) is 71.1 cm³/mol. The molecule has 0 radical (unpaired) electrons. The molecule has 0 aromatic heterocycles. The highest BCUT2D eigenvalue weighted by molar-refractivity contribution is 5.00. The second-order valence-electron chi connectivity index (χ2n) is 7.38. The van der Waals surface area contributed by atoms with Crippen LogP contribution in [0.2, 0.25) is 0 Å². The van der Waals surface area contributed by atoms with Crippen molar-refractivity contribution in [2.24, 2.45) is 16.7 Å². The summed E-state index contributed by atoms with van der Waals surface area (Å²) in [7, 11) is 0. The molecule has 0 heterocycles. The summed E-state index contributed by atoms with van der Waals surface area (Å²) in [5.41, 5.74) is 2.29. The van der Waals surface area contributed by atoms with Crippen molar-refractivity contribution in [3.05, 3.63) is 12.2 Å². The number of hydrogen-bond donors (Lipinski definition) is 0. The van der Waals surface area contributed by atoms with Crippen LogP contribution in [-0.4, -0.2) is 0 Å². The van der Waals surface area contributed by atoms with Gasteiger partial charge >= 0.3 is 0 Å². The third-order valence-electron chi connectivity index (χ3n) is 2.81. The molecule has 0 heteroatoms. The topological polar surface area (TPSA) is 0 Å². The van der Waals surface area contributed by atoms with Crippen molar-refractivity contribution in [1.82, 2.24) is 0 Å². The van der Waals surface area contributed by atoms with Gasteiger partial charge in [-0.15, -0.1) is 0 Å². The highest BCUT2D eigenvalue weighted by Gasteiger charge is 2.18. The molecule has 15 heavy (non-hydrogen) atoms. The summed E-state index contributed by atoms with van der Waals surface area (Å²) < 4.78 is 0. The minimum atomic E-state index is 0.421. The molecule has 0 fully saturated rings. The van der Waals surface area contributed by atoms with Crippen molar-refractivity contribution in [2.75, 3.05) is 0 Å². The fourth-order valence-corrected chi connectivity index (χ4v) is 1.84. The highest BCUT2D eigenvalue weighted by atomic mass is 14.2. The van der Waals surface area contributed by atoms with Crippen LogP contribution in [0.15, 0.2) is 12.2 Å². The molecule has 0 amide bonds. The van der Waals surface area contributed by atoms with Crippen LogP contribution in [-0.2, 0) is 0 Å². The second-order valence-corrected chi connectivity index (χ2v) is 7.38. The van der Waals surface area contributed by atoms with Crippen LogP contribution in [0.25, 0.3) is 0 Å². The molecule has 1 unspecified atom stereocenters. The Kier molecular flexibility index (Phi) is 5.09. The van der Waals surface area contributed by atoms with Gasteiger partial charge in [0.1, 0.15) is 0 Å². The van der Waals surface area contributed by atoms with Gasteiger partial charge in [-0.05, 0) is 36.0 Å². The van der Waals surface area contributed by atoms with Crippen molar-refractivity contribution in [3.8, 4) is 0 Å². The third kappa shape index (κ3) is 8.72. The molecule has 1 atom stereocenters. The van der Waals surface area contributed by atoms with E-state index in [-0.39, 0.29) is 0 Å². The van der Waals surface area contributed by atoms with Gasteiger partial charge in [0.2, 0.25) is 0 Å². The van der Waals surface area contributed by atoms with Gasteiger partial charge < -0.3 is 0 Å². The maximum Gasteiger partial charge on any atom is -0.0229 e. The first kappa shape index (κ1) is 14.7. The van der Waals surface area contributed by atoms with E-state index in [2.05, 4.69) is 55.0 Å². The lowest BCUT2D eigenvalue weighted by Gasteiger charge is -2.26. The van der Waals surface area contributed by atoms with Crippen molar-refractivity contribution >= 4 is 0 Å². The maximum atomic E-state index is 4.24. The highest BCUT2D eigenvalue weighted by Crippen LogP contribution is 2.31. The Hall–Kier alpha value is -0.260. The van der Waals surface area contributed by atoms with Gasteiger partial charge in [-0.1, -0.05) is 60.6 Å². The molecule has 0 aromatic rings. The monoisotopic (exact) mass is 210 g/mol. The second kappa shape index (κ2) is 5.18. The molecule has 0 aromatic carbocycles. The van der Waals surface area contributed by atoms with Gasteiger partial charge in [0, 0.05) is 0 Å². The van der Waals surface area contributed by atoms with E-state index < -0.39 is 0 Å². The van der Waals surface area contributed by atoms with Crippen molar-refractivity contribution in [1.29, 1.82) is 0 Å². The third-order valence-corrected chi connectivity index (χ3v) is 2.81. The standard InChI is InChI=1S/C15H30/c1-12(9-10-14(3,4)5)13(2)11-15(6,7)8/h13H,1,9-11H2,2-8H3. The van der Waals surface area contributed by atoms with Gasteiger partial charge in [-0.2, -0.15) is 0 Å². The molecule has 0 aliphatic carbocycles. The Labute approximate surface area is 97.2 Å². The molecule has 0 aliphatic heterocycles. The van der Waals surface area contributed by atoms with E-state index in [1.807, 2.05) is 0 Å². The average molecular weight is 210 g/mol. The van der Waals surface area contributed by atoms with E-state index in [1.54, 1.807) is 0 Å². The van der Waals surface area contributed by atoms with Crippen molar-refractivity contribution in [3.63, 3.8) is 0 Å². The molecule has 0 N–H and O–H groups in total. The molecule has 0 spiro atoms. The average Bonchev–Trinajstić information content (AvgIpc) is 1.95. The lowest BCUT2D eigenvalue weighted by Crippen LogP contribution is -2.13. The van der Waals surface area contributed by atoms with Crippen LogP contribution >= 0.6 is 0 Å². The van der Waals surface area contributed by atoms with Gasteiger partial charge in [0.25, 0.3) is 0 Å². The minimum absolute atomic E-state index is 0.421. The predicted octanol–water partition coefficient (Wildman–Crippen LogP) is 5.44. The zero-order chi connectivity index (χ0) is 12.3. The Morgan fingerprint density at radius 3 is 1.80 bits per heavy atom. The summed E-state index contributed by atoms with van der Waals surface area (Å²) in [4.78, 5) is 0. The first-order valence-electron chi connectivity index (χ1n) is 6.19. The van der Waals surface area contributed by atoms with Crippen LogP contribution in [0.3, 0.4) is 0 Å². The molecule has 0 saturated heterocycles. The first-order chi connectivity index (χ1) is 6.51. The fourth-order valence-electron chi connectivity index (χ4n) is 1.84. The molecule has 90 valence electrons. The molecule has 0 saturated carbocycles. The van der Waals surface area contributed by atoms with Gasteiger partial charge in [0.05, 0.1) is 0 Å². The largest absolute Gasteiger partial charge is 0.0996 e. The Morgan fingerprint density at radius 1 is 1.00 bits per heavy atom. The summed E-state index contributed by atoms with van der Waals surface area (Å²) >= 11 is 0. The van der Waals surface area contributed by atoms with Crippen molar-refractivity contribution in [2.45, 2.75) is 67.7 Å². The van der Waals surface area contributed by atoms with E-state index >= 15 is 0 Å². The zero-order valence-electron chi connectivity index (χ0n) is 11.9.